The molecule has 0 saturated heterocycles. The summed E-state index contributed by atoms with van der Waals surface area (Å²) in [7, 11) is 2.98. The summed E-state index contributed by atoms with van der Waals surface area (Å²) in [5, 5.41) is 0. The Hall–Kier alpha value is -5.70. The lowest BCUT2D eigenvalue weighted by Gasteiger charge is -2.40. The van der Waals surface area contributed by atoms with Crippen molar-refractivity contribution in [1.29, 1.82) is 0 Å². The topological polar surface area (TPSA) is 68.9 Å². The second-order valence-corrected chi connectivity index (χ2v) is 15.9. The summed E-state index contributed by atoms with van der Waals surface area (Å²) in [6.45, 7) is 5.66. The molecule has 2 aliphatic carbocycles. The van der Waals surface area contributed by atoms with Gasteiger partial charge in [-0.15, -0.1) is 0 Å². The van der Waals surface area contributed by atoms with Gasteiger partial charge < -0.3 is 18.6 Å². The molecule has 58 heavy (non-hydrogen) atoms. The molecule has 2 atom stereocenters. The number of carbonyl (C=O) groups is 2. The van der Waals surface area contributed by atoms with E-state index in [0.29, 0.717) is 12.1 Å². The van der Waals surface area contributed by atoms with Crippen LogP contribution in [0.25, 0.3) is 22.5 Å². The van der Waals surface area contributed by atoms with E-state index in [0.717, 1.165) is 111 Å². The Morgan fingerprint density at radius 1 is 0.517 bits per heavy atom. The zero-order valence-electron chi connectivity index (χ0n) is 33.6. The minimum Gasteiger partial charge on any atom is -0.465 e. The van der Waals surface area contributed by atoms with E-state index in [-0.39, 0.29) is 11.9 Å². The molecule has 0 saturated carbocycles. The Bertz CT molecular complexity index is 2220. The summed E-state index contributed by atoms with van der Waals surface area (Å²) in [5.74, 6) is -0.424. The maximum absolute atomic E-state index is 12.9. The summed E-state index contributed by atoms with van der Waals surface area (Å²) in [6, 6.07) is 42.7. The van der Waals surface area contributed by atoms with Gasteiger partial charge in [-0.3, -0.25) is 9.80 Å². The number of rotatable bonds is 8. The third-order valence-electron chi connectivity index (χ3n) is 12.7. The number of ether oxygens (including phenoxy) is 2. The summed E-state index contributed by atoms with van der Waals surface area (Å²) in [4.78, 5) is 30.9. The number of carbonyl (C=O) groups excluding carboxylic acids is 2. The van der Waals surface area contributed by atoms with Gasteiger partial charge in [0.2, 0.25) is 0 Å². The zero-order chi connectivity index (χ0) is 39.6. The Morgan fingerprint density at radius 2 is 0.879 bits per heavy atom. The molecule has 0 spiro atoms. The average molecular weight is 773 g/mol. The van der Waals surface area contributed by atoms with Crippen molar-refractivity contribution in [3.05, 3.63) is 166 Å². The van der Waals surface area contributed by atoms with Gasteiger partial charge in [-0.05, 0) is 71.9 Å². The van der Waals surface area contributed by atoms with Crippen molar-refractivity contribution in [2.75, 3.05) is 27.3 Å². The largest absolute Gasteiger partial charge is 0.465 e. The van der Waals surface area contributed by atoms with Crippen molar-refractivity contribution in [2.24, 2.45) is 0 Å². The van der Waals surface area contributed by atoms with Gasteiger partial charge in [0.15, 0.2) is 0 Å². The van der Waals surface area contributed by atoms with Crippen LogP contribution in [0.4, 0.5) is 0 Å². The van der Waals surface area contributed by atoms with Crippen LogP contribution in [0.15, 0.2) is 121 Å². The first-order chi connectivity index (χ1) is 28.6. The number of nitrogens with zero attached hydrogens (tertiary/aromatic N) is 4. The Labute approximate surface area is 341 Å². The molecule has 0 bridgehead atoms. The van der Waals surface area contributed by atoms with E-state index in [1.165, 1.54) is 47.9 Å². The second-order valence-electron chi connectivity index (χ2n) is 15.9. The van der Waals surface area contributed by atoms with Crippen LogP contribution in [0.5, 0.6) is 0 Å². The molecule has 4 heterocycles. The molecule has 10 rings (SSSR count). The molecular weight excluding hydrogens is 721 g/mol. The highest BCUT2D eigenvalue weighted by Gasteiger charge is 2.40. The number of benzene rings is 4. The van der Waals surface area contributed by atoms with Crippen LogP contribution in [0.1, 0.15) is 92.1 Å². The highest BCUT2D eigenvalue weighted by molar-refractivity contribution is 6.00. The fourth-order valence-corrected chi connectivity index (χ4v) is 10.3. The average Bonchev–Trinajstić information content (AvgIpc) is 3.81. The lowest BCUT2D eigenvalue weighted by Crippen LogP contribution is -2.39. The highest BCUT2D eigenvalue weighted by Crippen LogP contribution is 2.46. The van der Waals surface area contributed by atoms with E-state index in [1.54, 1.807) is 0 Å². The van der Waals surface area contributed by atoms with Crippen molar-refractivity contribution in [3.63, 3.8) is 0 Å². The van der Waals surface area contributed by atoms with Gasteiger partial charge in [0.25, 0.3) is 0 Å². The normalized spacial score (nSPS) is 18.3. The predicted octanol–water partition coefficient (Wildman–Crippen LogP) is 9.67. The van der Waals surface area contributed by atoms with E-state index in [1.807, 2.05) is 36.4 Å². The number of esters is 2. The van der Waals surface area contributed by atoms with E-state index in [9.17, 15) is 9.59 Å². The van der Waals surface area contributed by atoms with E-state index >= 15 is 0 Å². The zero-order valence-corrected chi connectivity index (χ0v) is 33.6. The van der Waals surface area contributed by atoms with E-state index in [2.05, 4.69) is 104 Å². The van der Waals surface area contributed by atoms with Gasteiger partial charge in [0.05, 0.1) is 48.8 Å². The Kier molecular flexibility index (Phi) is 10.9. The van der Waals surface area contributed by atoms with Gasteiger partial charge in [-0.1, -0.05) is 121 Å². The summed E-state index contributed by atoms with van der Waals surface area (Å²) < 4.78 is 15.3. The second kappa shape index (κ2) is 16.6. The van der Waals surface area contributed by atoms with Gasteiger partial charge >= 0.3 is 11.9 Å². The van der Waals surface area contributed by atoms with Gasteiger partial charge in [0, 0.05) is 50.7 Å². The minimum atomic E-state index is -0.212. The van der Waals surface area contributed by atoms with Gasteiger partial charge in [0.1, 0.15) is 0 Å². The van der Waals surface area contributed by atoms with Gasteiger partial charge in [-0.25, -0.2) is 9.59 Å². The predicted molar refractivity (Wildman–Crippen MR) is 227 cm³/mol. The van der Waals surface area contributed by atoms with Crippen LogP contribution in [-0.4, -0.2) is 58.2 Å². The monoisotopic (exact) mass is 772 g/mol. The molecule has 0 unspecified atom stereocenters. The first-order valence-electron chi connectivity index (χ1n) is 20.9. The first-order valence-corrected chi connectivity index (χ1v) is 20.9. The SMILES string of the molecule is COC(=O)c1c2c3n(c1-c1ccccc1)CCN(Cc1ccccc1)[C@@H]3CCC2.COC(=O)c1c2c3n(c1-c1ccccc1)CCN(Cc1ccccc1)[C@@H]3CCC2. The number of hydrogen-bond donors (Lipinski definition) is 0. The van der Waals surface area contributed by atoms with Crippen LogP contribution < -0.4 is 0 Å². The van der Waals surface area contributed by atoms with Gasteiger partial charge in [-0.2, -0.15) is 0 Å². The highest BCUT2D eigenvalue weighted by atomic mass is 16.5. The van der Waals surface area contributed by atoms with Crippen LogP contribution in [0, 0.1) is 0 Å². The van der Waals surface area contributed by atoms with Crippen molar-refractivity contribution in [3.8, 4) is 22.5 Å². The minimum absolute atomic E-state index is 0.212. The lowest BCUT2D eigenvalue weighted by molar-refractivity contribution is 0.0591. The van der Waals surface area contributed by atoms with Crippen molar-refractivity contribution in [2.45, 2.75) is 76.8 Å². The molecule has 2 aromatic heterocycles. The van der Waals surface area contributed by atoms with Crippen LogP contribution in [-0.2, 0) is 48.5 Å². The summed E-state index contributed by atoms with van der Waals surface area (Å²) >= 11 is 0. The number of aromatic nitrogens is 2. The fourth-order valence-electron chi connectivity index (χ4n) is 10.3. The standard InChI is InChI=1S/2C25H26N2O2/c2*1-29-25(28)22-20-13-8-14-21-24(20)27(23(22)19-11-6-3-7-12-19)16-15-26(21)17-18-9-4-2-5-10-18/h2*2-7,9-12,21H,8,13-17H2,1H3/t2*21-/m11/s1. The third kappa shape index (κ3) is 6.98. The molecule has 296 valence electrons. The maximum Gasteiger partial charge on any atom is 0.340 e. The van der Waals surface area contributed by atoms with E-state index in [4.69, 9.17) is 9.47 Å². The summed E-state index contributed by atoms with van der Waals surface area (Å²) in [5.41, 5.74) is 13.6. The molecule has 0 fully saturated rings. The fraction of sp³-hybridized carbons (Fsp3) is 0.320. The van der Waals surface area contributed by atoms with Crippen molar-refractivity contribution in [1.82, 2.24) is 18.9 Å². The van der Waals surface area contributed by atoms with Crippen LogP contribution in [0.3, 0.4) is 0 Å². The Balaban J connectivity index is 0.000000150. The van der Waals surface area contributed by atoms with Crippen molar-refractivity contribution >= 4 is 11.9 Å². The molecule has 4 aliphatic rings. The molecule has 0 N–H and O–H groups in total. The summed E-state index contributed by atoms with van der Waals surface area (Å²) in [6.07, 6.45) is 6.37. The quantitative estimate of drug-likeness (QED) is 0.144. The van der Waals surface area contributed by atoms with E-state index < -0.39 is 0 Å². The smallest absolute Gasteiger partial charge is 0.340 e. The maximum atomic E-state index is 12.9. The van der Waals surface area contributed by atoms with Crippen molar-refractivity contribution < 1.29 is 19.1 Å². The van der Waals surface area contributed by atoms with Crippen LogP contribution >= 0.6 is 0 Å². The first kappa shape index (κ1) is 37.9. The molecule has 4 aromatic carbocycles. The molecule has 2 aliphatic heterocycles. The third-order valence-corrected chi connectivity index (χ3v) is 12.7. The lowest BCUT2D eigenvalue weighted by atomic mass is 9.88. The molecule has 8 heteroatoms. The molecule has 0 amide bonds. The molecular formula is C50H52N4O4. The number of hydrogen-bond acceptors (Lipinski definition) is 6. The Morgan fingerprint density at radius 3 is 1.24 bits per heavy atom. The number of methoxy groups -OCH3 is 2. The van der Waals surface area contributed by atoms with Crippen LogP contribution in [0.2, 0.25) is 0 Å². The molecule has 8 nitrogen and oxygen atoms in total. The molecule has 0 radical (unpaired) electrons. The molecule has 6 aromatic rings.